The van der Waals surface area contributed by atoms with E-state index in [1.807, 2.05) is 6.92 Å². The van der Waals surface area contributed by atoms with Gasteiger partial charge in [0.1, 0.15) is 65.5 Å². The number of ether oxygens (including phenoxy) is 9. The third kappa shape index (κ3) is 42.5. The summed E-state index contributed by atoms with van der Waals surface area (Å²) in [7, 11) is -3.91. The largest absolute Gasteiger partial charge is 0.394 e. The van der Waals surface area contributed by atoms with Crippen LogP contribution in [0.1, 0.15) is 252 Å². The summed E-state index contributed by atoms with van der Waals surface area (Å²) in [6.45, 7) is 10.6. The highest BCUT2D eigenvalue weighted by atomic mass is 31.2. The van der Waals surface area contributed by atoms with Crippen LogP contribution in [0, 0.1) is 35.8 Å². The van der Waals surface area contributed by atoms with Crippen molar-refractivity contribution < 1.29 is 141 Å². The second-order valence-corrected chi connectivity index (χ2v) is 34.0. The van der Waals surface area contributed by atoms with Crippen molar-refractivity contribution in [3.63, 3.8) is 0 Å². The molecule has 0 aromatic rings. The lowest BCUT2D eigenvalue weighted by atomic mass is 9.83. The molecule has 32 nitrogen and oxygen atoms in total. The molecule has 0 aromatic carbocycles. The smallest absolute Gasteiger partial charge is 0.222 e. The van der Waals surface area contributed by atoms with Crippen molar-refractivity contribution in [1.29, 1.82) is 0 Å². The van der Waals surface area contributed by atoms with Gasteiger partial charge in [-0.25, -0.2) is 6.66 Å². The summed E-state index contributed by atoms with van der Waals surface area (Å²) < 4.78 is 69.6. The molecule has 0 spiro atoms. The zero-order chi connectivity index (χ0) is 84.6. The van der Waals surface area contributed by atoms with Gasteiger partial charge in [-0.15, -0.1) is 0 Å². The number of rotatable bonds is 68. The van der Waals surface area contributed by atoms with E-state index in [1.165, 1.54) is 0 Å². The van der Waals surface area contributed by atoms with Crippen molar-refractivity contribution in [1.82, 2.24) is 15.5 Å². The molecular formula is C82H145N3O29P-. The van der Waals surface area contributed by atoms with E-state index in [0.29, 0.717) is 142 Å². The Kier molecular flexibility index (Phi) is 53.1. The number of likely N-dealkylation sites (tertiary alicyclic amines) is 1. The number of nitrogens with one attached hydrogen (secondary N) is 2. The van der Waals surface area contributed by atoms with Gasteiger partial charge >= 0.3 is 0 Å². The quantitative estimate of drug-likeness (QED) is 0.0192. The number of hydrogen-bond acceptors (Lipinski definition) is 28. The molecule has 0 bridgehead atoms. The van der Waals surface area contributed by atoms with E-state index in [0.717, 1.165) is 44.9 Å². The minimum absolute atomic E-state index is 0.00882. The first kappa shape index (κ1) is 104. The molecule has 4 fully saturated rings. The van der Waals surface area contributed by atoms with Crippen LogP contribution >= 0.6 is 7.60 Å². The van der Waals surface area contributed by atoms with Crippen molar-refractivity contribution in [2.75, 3.05) is 106 Å². The molecule has 0 saturated carbocycles. The van der Waals surface area contributed by atoms with Gasteiger partial charge in [0, 0.05) is 146 Å². The summed E-state index contributed by atoms with van der Waals surface area (Å²) in [5.41, 5.74) is -1.09. The highest BCUT2D eigenvalue weighted by Gasteiger charge is 2.45. The zero-order valence-corrected chi connectivity index (χ0v) is 70.1. The highest BCUT2D eigenvalue weighted by Crippen LogP contribution is 2.41. The maximum atomic E-state index is 14.2. The molecule has 4 aliphatic heterocycles. The Hall–Kier alpha value is -3.81. The highest BCUT2D eigenvalue weighted by molar-refractivity contribution is 7.54. The second kappa shape index (κ2) is 59.0. The molecule has 33 heteroatoms. The average Bonchev–Trinajstić information content (AvgIpc) is 1.71. The molecule has 18 atom stereocenters. The number of Topliss-reactive ketones (excluding diaryl/α,β-unsaturated/α-hetero) is 5. The van der Waals surface area contributed by atoms with Gasteiger partial charge in [-0.05, 0) is 95.8 Å². The summed E-state index contributed by atoms with van der Waals surface area (Å²) in [6.07, 6.45) is 5.60. The lowest BCUT2D eigenvalue weighted by Gasteiger charge is -2.40. The number of nitrogens with zero attached hydrogens (tertiary/aromatic N) is 1. The van der Waals surface area contributed by atoms with Crippen LogP contribution in [-0.2, 0) is 90.1 Å². The number of carbonyl (C=O) groups excluding carboxylic acids is 8. The number of hydrogen-bond donors (Lipinski definition) is 12. The van der Waals surface area contributed by atoms with Crippen LogP contribution in [0.3, 0.4) is 0 Å². The van der Waals surface area contributed by atoms with Crippen LogP contribution in [0.15, 0.2) is 0 Å². The van der Waals surface area contributed by atoms with Crippen LogP contribution in [-0.4, -0.2) is 288 Å². The first-order chi connectivity index (χ1) is 55.0. The normalized spacial score (nSPS) is 26.8. The van der Waals surface area contributed by atoms with E-state index >= 15 is 0 Å². The fourth-order valence-corrected chi connectivity index (χ4v) is 15.1. The van der Waals surface area contributed by atoms with Crippen LogP contribution in [0.25, 0.3) is 0 Å². The standard InChI is InChI=1S/C82H145N3O29P/c1-57-47-61(53-111-115(5,103)104)85(49-57)72(96)35-19-11-9-7-6-8-10-14-33-66(93)48-82(54-105-44-36-64(91)29-17-12-15-27-62(89)31-20-23-41-108-79-58(2)73(97)76(100)67(50-86)112-79,55-106-45-37-65(92)30-18-13-16-28-63(90)32-21-24-42-109-80-59(3)74(98)77(101)68(51-87)113-80)56-107-46-38-71(95)84-40-26-39-83-70(94)34-22-25-43-110-81-60(4)75(99)78(102)69(52-88)114-81/h57-61,67-69,73-81,86-88,97-102H,5-56H2,1-4H3,(H,83,94)(H,84,95)(H,103,104)/q-1/t57-,58?,59?,60?,61+,67?,68?,69?,73?,74?,75?,76?,77?,78?,79?,80?,81?,82?/m1/s1. The van der Waals surface area contributed by atoms with Gasteiger partial charge < -0.3 is 114 Å². The molecule has 668 valence electrons. The molecular weight excluding hydrogens is 1520 g/mol. The van der Waals surface area contributed by atoms with Gasteiger partial charge in [0.25, 0.3) is 0 Å². The van der Waals surface area contributed by atoms with Gasteiger partial charge in [0.15, 0.2) is 26.5 Å². The van der Waals surface area contributed by atoms with Crippen LogP contribution < -0.4 is 10.6 Å². The van der Waals surface area contributed by atoms with Crippen LogP contribution in [0.5, 0.6) is 0 Å². The summed E-state index contributed by atoms with van der Waals surface area (Å²) in [5, 5.41) is 95.5. The Morgan fingerprint density at radius 1 is 0.417 bits per heavy atom. The third-order valence-corrected chi connectivity index (χ3v) is 22.6. The van der Waals surface area contributed by atoms with Crippen molar-refractivity contribution in [2.45, 2.75) is 332 Å². The Morgan fingerprint density at radius 2 is 0.739 bits per heavy atom. The number of amides is 3. The van der Waals surface area contributed by atoms with Crippen molar-refractivity contribution >= 4 is 54.2 Å². The molecule has 4 heterocycles. The van der Waals surface area contributed by atoms with E-state index in [4.69, 9.17) is 47.2 Å². The summed E-state index contributed by atoms with van der Waals surface area (Å²) in [6, 6.07) is -0.258. The maximum absolute atomic E-state index is 14.2. The SMILES string of the molecule is [CH2-]P(=O)(O)OC[C@@H]1C[C@@H](C)CN1C(=O)CCCCCCCCCCC(=O)CC(COCCC(=O)CCCCCC(=O)CCCCOC1OC(CO)C(O)C(O)C1C)(COCCC(=O)CCCCCC(=O)CCCCOC1OC(CO)C(O)C(O)C1C)COCCC(=O)NCCCNC(=O)CCCCOC1OC(CO)C(O)C(O)C1C. The molecule has 3 amide bonds. The predicted octanol–water partition coefficient (Wildman–Crippen LogP) is 5.87. The molecule has 0 aromatic heterocycles. The monoisotopic (exact) mass is 1670 g/mol. The van der Waals surface area contributed by atoms with Gasteiger partial charge in [-0.3, -0.25) is 42.9 Å². The lowest BCUT2D eigenvalue weighted by Crippen LogP contribution is -2.55. The van der Waals surface area contributed by atoms with Crippen molar-refractivity contribution in [2.24, 2.45) is 29.1 Å². The topological polar surface area (TPSA) is 476 Å². The van der Waals surface area contributed by atoms with Crippen molar-refractivity contribution in [3.05, 3.63) is 6.66 Å². The third-order valence-electron chi connectivity index (χ3n) is 22.1. The predicted molar refractivity (Wildman–Crippen MR) is 422 cm³/mol. The zero-order valence-electron chi connectivity index (χ0n) is 69.2. The Labute approximate surface area is 681 Å². The second-order valence-electron chi connectivity index (χ2n) is 32.4. The lowest BCUT2D eigenvalue weighted by molar-refractivity contribution is -0.282. The molecule has 4 saturated heterocycles. The van der Waals surface area contributed by atoms with E-state index in [-0.39, 0.29) is 183 Å². The molecule has 12 N–H and O–H groups in total. The van der Waals surface area contributed by atoms with Gasteiger partial charge in [0.05, 0.1) is 90.4 Å². The van der Waals surface area contributed by atoms with Gasteiger partial charge in [-0.1, -0.05) is 79.1 Å². The van der Waals surface area contributed by atoms with Gasteiger partial charge in [0.2, 0.25) is 17.7 Å². The van der Waals surface area contributed by atoms with E-state index < -0.39 is 124 Å². The van der Waals surface area contributed by atoms with E-state index in [2.05, 4.69) is 17.3 Å². The first-order valence-electron chi connectivity index (χ1n) is 42.7. The number of carbonyl (C=O) groups is 8. The van der Waals surface area contributed by atoms with Crippen molar-refractivity contribution in [3.8, 4) is 0 Å². The first-order valence-corrected chi connectivity index (χ1v) is 44.5. The van der Waals surface area contributed by atoms with Crippen LogP contribution in [0.2, 0.25) is 0 Å². The molecule has 115 heavy (non-hydrogen) atoms. The molecule has 0 radical (unpaired) electrons. The summed E-state index contributed by atoms with van der Waals surface area (Å²) in [5.74, 6) is -1.72. The summed E-state index contributed by atoms with van der Waals surface area (Å²) >= 11 is 0. The number of unbranched alkanes of at least 4 members (excludes halogenated alkanes) is 14. The Balaban J connectivity index is 1.28. The molecule has 0 aliphatic carbocycles. The molecule has 4 aliphatic rings. The number of ketones is 5. The average molecular weight is 1670 g/mol. The van der Waals surface area contributed by atoms with Gasteiger partial charge in [-0.2, -0.15) is 0 Å². The van der Waals surface area contributed by atoms with E-state index in [1.54, 1.807) is 25.7 Å². The maximum Gasteiger partial charge on any atom is 0.222 e. The summed E-state index contributed by atoms with van der Waals surface area (Å²) in [4.78, 5) is 116. The number of aliphatic hydroxyl groups excluding tert-OH is 9. The fraction of sp³-hybridized carbons (Fsp3) is 0.890. The Bertz CT molecular complexity index is 2570. The molecule has 16 unspecified atom stereocenters. The minimum Gasteiger partial charge on any atom is -0.394 e. The molecule has 4 rings (SSSR count). The Morgan fingerprint density at radius 3 is 1.12 bits per heavy atom. The van der Waals surface area contributed by atoms with Crippen LogP contribution in [0.4, 0.5) is 0 Å². The fourth-order valence-electron chi connectivity index (χ4n) is 14.7. The number of aliphatic hydroxyl groups is 9. The minimum atomic E-state index is -3.91. The van der Waals surface area contributed by atoms with E-state index in [9.17, 15) is 93.8 Å².